The maximum Gasteiger partial charge on any atom is 0.281 e. The number of hydrogen-bond acceptors (Lipinski definition) is 4. The minimum atomic E-state index is -3.28. The number of nitriles is 1. The van der Waals surface area contributed by atoms with Crippen LogP contribution in [0, 0.1) is 11.3 Å². The van der Waals surface area contributed by atoms with Gasteiger partial charge in [0.05, 0.1) is 6.07 Å². The summed E-state index contributed by atoms with van der Waals surface area (Å²) < 4.78 is 27.4. The Kier molecular flexibility index (Phi) is 4.22. The van der Waals surface area contributed by atoms with Crippen molar-refractivity contribution >= 4 is 22.0 Å². The van der Waals surface area contributed by atoms with Crippen molar-refractivity contribution in [1.82, 2.24) is 8.61 Å². The van der Waals surface area contributed by atoms with Gasteiger partial charge in [0.15, 0.2) is 0 Å². The summed E-state index contributed by atoms with van der Waals surface area (Å²) in [6.45, 7) is 2.22. The zero-order chi connectivity index (χ0) is 13.2. The first-order valence-electron chi connectivity index (χ1n) is 6.26. The van der Waals surface area contributed by atoms with Crippen LogP contribution in [0.3, 0.4) is 0 Å². The first-order valence-corrected chi connectivity index (χ1v) is 8.88. The third-order valence-corrected chi connectivity index (χ3v) is 7.16. The summed E-state index contributed by atoms with van der Waals surface area (Å²) in [7, 11) is -3.28. The highest BCUT2D eigenvalue weighted by Crippen LogP contribution is 2.35. The van der Waals surface area contributed by atoms with E-state index in [0.717, 1.165) is 12.8 Å². The smallest absolute Gasteiger partial charge is 0.197 e. The van der Waals surface area contributed by atoms with Gasteiger partial charge in [0.1, 0.15) is 4.75 Å². The number of piperidine rings is 1. The Bertz CT molecular complexity index is 430. The molecule has 2 heterocycles. The largest absolute Gasteiger partial charge is 0.281 e. The molecule has 0 bridgehead atoms. The predicted octanol–water partition coefficient (Wildman–Crippen LogP) is 1.05. The Morgan fingerprint density at radius 3 is 2.06 bits per heavy atom. The summed E-state index contributed by atoms with van der Waals surface area (Å²) in [5.41, 5.74) is 0. The van der Waals surface area contributed by atoms with Crippen molar-refractivity contribution in [3.05, 3.63) is 0 Å². The maximum absolute atomic E-state index is 12.3. The fourth-order valence-corrected chi connectivity index (χ4v) is 4.89. The van der Waals surface area contributed by atoms with Gasteiger partial charge < -0.3 is 0 Å². The molecule has 0 atom stereocenters. The van der Waals surface area contributed by atoms with Crippen LogP contribution in [-0.2, 0) is 10.2 Å². The monoisotopic (exact) mass is 289 g/mol. The minimum Gasteiger partial charge on any atom is -0.197 e. The molecule has 7 heteroatoms. The lowest BCUT2D eigenvalue weighted by Crippen LogP contribution is -2.49. The Morgan fingerprint density at radius 1 is 1.11 bits per heavy atom. The molecule has 0 aromatic heterocycles. The molecule has 0 aliphatic carbocycles. The van der Waals surface area contributed by atoms with E-state index >= 15 is 0 Å². The molecular formula is C11H19N3O2S2. The number of thioether (sulfide) groups is 1. The van der Waals surface area contributed by atoms with Crippen molar-refractivity contribution in [2.24, 2.45) is 0 Å². The van der Waals surface area contributed by atoms with E-state index < -0.39 is 15.0 Å². The van der Waals surface area contributed by atoms with Crippen molar-refractivity contribution in [1.29, 1.82) is 5.26 Å². The van der Waals surface area contributed by atoms with Gasteiger partial charge in [0.2, 0.25) is 0 Å². The predicted molar refractivity (Wildman–Crippen MR) is 72.4 cm³/mol. The van der Waals surface area contributed by atoms with E-state index in [1.165, 1.54) is 0 Å². The molecule has 2 aliphatic rings. The summed E-state index contributed by atoms with van der Waals surface area (Å²) in [5.74, 6) is 0. The van der Waals surface area contributed by atoms with Crippen LogP contribution >= 0.6 is 11.8 Å². The number of nitrogens with zero attached hydrogens (tertiary/aromatic N) is 3. The molecule has 2 fully saturated rings. The molecule has 0 amide bonds. The van der Waals surface area contributed by atoms with Gasteiger partial charge in [0, 0.05) is 26.2 Å². The first kappa shape index (κ1) is 14.1. The molecule has 0 radical (unpaired) electrons. The Balaban J connectivity index is 2.03. The fourth-order valence-electron chi connectivity index (χ4n) is 2.52. The maximum atomic E-state index is 12.3. The molecule has 0 aromatic carbocycles. The quantitative estimate of drug-likeness (QED) is 0.779. The van der Waals surface area contributed by atoms with Crippen molar-refractivity contribution < 1.29 is 8.42 Å². The Hall–Kier alpha value is -0.290. The van der Waals surface area contributed by atoms with Crippen molar-refractivity contribution in [2.75, 3.05) is 32.4 Å². The second-order valence-electron chi connectivity index (χ2n) is 4.82. The topological polar surface area (TPSA) is 64.4 Å². The van der Waals surface area contributed by atoms with Gasteiger partial charge >= 0.3 is 0 Å². The summed E-state index contributed by atoms with van der Waals surface area (Å²) in [4.78, 5) is 0. The van der Waals surface area contributed by atoms with Crippen LogP contribution in [-0.4, -0.2) is 54.2 Å². The second kappa shape index (κ2) is 5.37. The average molecular weight is 289 g/mol. The second-order valence-corrected chi connectivity index (χ2v) is 7.94. The van der Waals surface area contributed by atoms with Crippen LogP contribution in [0.2, 0.25) is 0 Å². The first-order chi connectivity index (χ1) is 8.54. The zero-order valence-corrected chi connectivity index (χ0v) is 12.3. The average Bonchev–Trinajstić information content (AvgIpc) is 2.93. The van der Waals surface area contributed by atoms with Crippen LogP contribution in [0.15, 0.2) is 0 Å². The third kappa shape index (κ3) is 2.52. The van der Waals surface area contributed by atoms with E-state index in [9.17, 15) is 13.7 Å². The summed E-state index contributed by atoms with van der Waals surface area (Å²) in [6.07, 6.45) is 5.09. The number of rotatable bonds is 3. The molecule has 0 N–H and O–H groups in total. The molecular weight excluding hydrogens is 270 g/mol. The van der Waals surface area contributed by atoms with Gasteiger partial charge in [-0.1, -0.05) is 0 Å². The van der Waals surface area contributed by atoms with Crippen molar-refractivity contribution in [3.63, 3.8) is 0 Å². The van der Waals surface area contributed by atoms with E-state index in [-0.39, 0.29) is 0 Å². The van der Waals surface area contributed by atoms with Gasteiger partial charge in [-0.2, -0.15) is 22.3 Å². The van der Waals surface area contributed by atoms with Gasteiger partial charge in [-0.05, 0) is 31.9 Å². The third-order valence-electron chi connectivity index (χ3n) is 3.84. The van der Waals surface area contributed by atoms with Gasteiger partial charge in [-0.15, -0.1) is 11.8 Å². The van der Waals surface area contributed by atoms with E-state index in [1.807, 2.05) is 6.26 Å². The summed E-state index contributed by atoms with van der Waals surface area (Å²) >= 11 is 1.54. The van der Waals surface area contributed by atoms with Crippen molar-refractivity contribution in [3.8, 4) is 6.07 Å². The van der Waals surface area contributed by atoms with Crippen LogP contribution in [0.1, 0.15) is 25.7 Å². The molecule has 102 valence electrons. The molecule has 18 heavy (non-hydrogen) atoms. The van der Waals surface area contributed by atoms with E-state index in [1.54, 1.807) is 20.4 Å². The van der Waals surface area contributed by atoms with Crippen LogP contribution in [0.4, 0.5) is 0 Å². The molecule has 0 saturated carbocycles. The van der Waals surface area contributed by atoms with Crippen LogP contribution < -0.4 is 0 Å². The molecule has 2 aliphatic heterocycles. The fraction of sp³-hybridized carbons (Fsp3) is 0.909. The normalized spacial score (nSPS) is 26.0. The molecule has 2 saturated heterocycles. The van der Waals surface area contributed by atoms with E-state index in [0.29, 0.717) is 39.0 Å². The lowest BCUT2D eigenvalue weighted by Gasteiger charge is -2.36. The van der Waals surface area contributed by atoms with Crippen molar-refractivity contribution in [2.45, 2.75) is 30.4 Å². The molecule has 0 unspecified atom stereocenters. The van der Waals surface area contributed by atoms with Crippen LogP contribution in [0.5, 0.6) is 0 Å². The highest BCUT2D eigenvalue weighted by molar-refractivity contribution is 8.00. The minimum absolute atomic E-state index is 0.392. The lowest BCUT2D eigenvalue weighted by atomic mass is 9.99. The molecule has 0 aromatic rings. The zero-order valence-electron chi connectivity index (χ0n) is 10.6. The Labute approximate surface area is 113 Å². The lowest BCUT2D eigenvalue weighted by molar-refractivity contribution is 0.302. The van der Waals surface area contributed by atoms with Gasteiger partial charge in [-0.3, -0.25) is 0 Å². The van der Waals surface area contributed by atoms with E-state index in [4.69, 9.17) is 0 Å². The highest BCUT2D eigenvalue weighted by atomic mass is 32.2. The van der Waals surface area contributed by atoms with E-state index in [2.05, 4.69) is 6.07 Å². The summed E-state index contributed by atoms with van der Waals surface area (Å²) in [5, 5.41) is 9.19. The Morgan fingerprint density at radius 2 is 1.61 bits per heavy atom. The van der Waals surface area contributed by atoms with Crippen LogP contribution in [0.25, 0.3) is 0 Å². The standard InChI is InChI=1S/C11H19N3O2S2/c1-17-11(10-12)4-8-14(9-5-11)18(15,16)13-6-2-3-7-13/h2-9H2,1H3. The number of hydrogen-bond donors (Lipinski definition) is 0. The SMILES string of the molecule is CSC1(C#N)CCN(S(=O)(=O)N2CCCC2)CC1. The molecule has 2 rings (SSSR count). The highest BCUT2D eigenvalue weighted by Gasteiger charge is 2.40. The van der Waals surface area contributed by atoms with Gasteiger partial charge in [0.25, 0.3) is 10.2 Å². The molecule has 0 spiro atoms. The molecule has 5 nitrogen and oxygen atoms in total. The van der Waals surface area contributed by atoms with Gasteiger partial charge in [-0.25, -0.2) is 0 Å². The summed E-state index contributed by atoms with van der Waals surface area (Å²) in [6, 6.07) is 2.34.